The highest BCUT2D eigenvalue weighted by molar-refractivity contribution is 6.30. The molecule has 0 aromatic heterocycles. The molecule has 3 N–H and O–H groups in total. The summed E-state index contributed by atoms with van der Waals surface area (Å²) in [5.74, 6) is -0.413. The van der Waals surface area contributed by atoms with Gasteiger partial charge in [-0.2, -0.15) is 0 Å². The van der Waals surface area contributed by atoms with Gasteiger partial charge in [0.05, 0.1) is 10.6 Å². The fraction of sp³-hybridized carbons (Fsp3) is 0.0714. The molecule has 2 aromatic carbocycles. The number of hydrogen-bond acceptors (Lipinski definition) is 2. The predicted molar refractivity (Wildman–Crippen MR) is 73.7 cm³/mol. The molecule has 98 valence electrons. The van der Waals surface area contributed by atoms with E-state index in [1.807, 2.05) is 0 Å². The number of halogens is 2. The van der Waals surface area contributed by atoms with Gasteiger partial charge in [-0.25, -0.2) is 4.39 Å². The molecule has 0 aliphatic heterocycles. The Morgan fingerprint density at radius 1 is 1.26 bits per heavy atom. The summed E-state index contributed by atoms with van der Waals surface area (Å²) < 4.78 is 19.3. The lowest BCUT2D eigenvalue weighted by Crippen LogP contribution is -2.13. The van der Waals surface area contributed by atoms with Crippen LogP contribution in [0.3, 0.4) is 0 Å². The summed E-state index contributed by atoms with van der Waals surface area (Å²) in [5.41, 5.74) is 6.66. The van der Waals surface area contributed by atoms with Gasteiger partial charge in [-0.3, -0.25) is 5.41 Å². The first-order valence-electron chi connectivity index (χ1n) is 5.56. The molecule has 0 saturated heterocycles. The predicted octanol–water partition coefficient (Wildman–Crippen LogP) is 3.86. The van der Waals surface area contributed by atoms with Gasteiger partial charge in [0, 0.05) is 0 Å². The Kier molecular flexibility index (Phi) is 3.71. The molecule has 2 aromatic rings. The Bertz CT molecular complexity index is 643. The van der Waals surface area contributed by atoms with E-state index in [1.165, 1.54) is 12.1 Å². The summed E-state index contributed by atoms with van der Waals surface area (Å²) in [7, 11) is 0. The third-order valence-corrected chi connectivity index (χ3v) is 2.92. The number of nitrogens with one attached hydrogen (secondary N) is 1. The van der Waals surface area contributed by atoms with Gasteiger partial charge in [0.1, 0.15) is 11.6 Å². The lowest BCUT2D eigenvalue weighted by molar-refractivity contribution is 0.439. The Morgan fingerprint density at radius 2 is 1.95 bits per heavy atom. The van der Waals surface area contributed by atoms with Crippen LogP contribution >= 0.6 is 11.6 Å². The van der Waals surface area contributed by atoms with E-state index in [2.05, 4.69) is 0 Å². The molecule has 5 heteroatoms. The van der Waals surface area contributed by atoms with Gasteiger partial charge in [0.2, 0.25) is 0 Å². The van der Waals surface area contributed by atoms with E-state index in [-0.39, 0.29) is 16.6 Å². The summed E-state index contributed by atoms with van der Waals surface area (Å²) in [4.78, 5) is 0. The standard InChI is InChI=1S/C14H12ClFN2O/c1-8-4-2-5-9(14(17)18)13(8)19-11-7-3-6-10(15)12(11)16/h2-7H,1H3,(H3,17,18). The van der Waals surface area contributed by atoms with Gasteiger partial charge >= 0.3 is 0 Å². The van der Waals surface area contributed by atoms with Crippen LogP contribution in [0.5, 0.6) is 11.5 Å². The highest BCUT2D eigenvalue weighted by atomic mass is 35.5. The monoisotopic (exact) mass is 278 g/mol. The summed E-state index contributed by atoms with van der Waals surface area (Å²) in [6.07, 6.45) is 0. The maximum atomic E-state index is 13.8. The maximum Gasteiger partial charge on any atom is 0.184 e. The van der Waals surface area contributed by atoms with Crippen LogP contribution in [0.4, 0.5) is 4.39 Å². The van der Waals surface area contributed by atoms with Crippen LogP contribution in [-0.2, 0) is 0 Å². The molecule has 0 saturated carbocycles. The fourth-order valence-electron chi connectivity index (χ4n) is 1.67. The largest absolute Gasteiger partial charge is 0.453 e. The van der Waals surface area contributed by atoms with E-state index < -0.39 is 5.82 Å². The summed E-state index contributed by atoms with van der Waals surface area (Å²) in [5, 5.41) is 7.49. The first kappa shape index (κ1) is 13.4. The number of amidine groups is 1. The number of rotatable bonds is 3. The number of nitrogens with two attached hydrogens (primary N) is 1. The van der Waals surface area contributed by atoms with Crippen LogP contribution in [-0.4, -0.2) is 5.84 Å². The van der Waals surface area contributed by atoms with Gasteiger partial charge in [-0.15, -0.1) is 0 Å². The van der Waals surface area contributed by atoms with Crippen molar-refractivity contribution in [1.82, 2.24) is 0 Å². The van der Waals surface area contributed by atoms with Gasteiger partial charge in [-0.1, -0.05) is 29.8 Å². The van der Waals surface area contributed by atoms with E-state index in [9.17, 15) is 4.39 Å². The van der Waals surface area contributed by atoms with E-state index in [0.717, 1.165) is 5.56 Å². The van der Waals surface area contributed by atoms with Crippen molar-refractivity contribution in [2.75, 3.05) is 0 Å². The van der Waals surface area contributed by atoms with E-state index >= 15 is 0 Å². The first-order valence-corrected chi connectivity index (χ1v) is 5.94. The van der Waals surface area contributed by atoms with Crippen LogP contribution in [0.1, 0.15) is 11.1 Å². The minimum Gasteiger partial charge on any atom is -0.453 e. The van der Waals surface area contributed by atoms with Crippen molar-refractivity contribution in [1.29, 1.82) is 5.41 Å². The second kappa shape index (κ2) is 5.28. The Labute approximate surface area is 115 Å². The second-order valence-corrected chi connectivity index (χ2v) is 4.43. The molecule has 0 amide bonds. The van der Waals surface area contributed by atoms with Crippen LogP contribution in [0.25, 0.3) is 0 Å². The molecule has 0 radical (unpaired) electrons. The maximum absolute atomic E-state index is 13.8. The van der Waals surface area contributed by atoms with Crippen molar-refractivity contribution in [3.63, 3.8) is 0 Å². The molecule has 0 heterocycles. The van der Waals surface area contributed by atoms with Crippen molar-refractivity contribution >= 4 is 17.4 Å². The molecular weight excluding hydrogens is 267 g/mol. The average molecular weight is 279 g/mol. The molecular formula is C14H12ClFN2O. The zero-order valence-corrected chi connectivity index (χ0v) is 11.0. The first-order chi connectivity index (χ1) is 9.00. The minimum atomic E-state index is -0.637. The molecule has 0 spiro atoms. The molecule has 2 rings (SSSR count). The number of aryl methyl sites for hydroxylation is 1. The van der Waals surface area contributed by atoms with Crippen molar-refractivity contribution in [3.8, 4) is 11.5 Å². The average Bonchev–Trinajstić information content (AvgIpc) is 2.36. The quantitative estimate of drug-likeness (QED) is 0.661. The van der Waals surface area contributed by atoms with Crippen molar-refractivity contribution in [3.05, 3.63) is 58.4 Å². The molecule has 0 aliphatic carbocycles. The van der Waals surface area contributed by atoms with Crippen LogP contribution < -0.4 is 10.5 Å². The second-order valence-electron chi connectivity index (χ2n) is 4.02. The van der Waals surface area contributed by atoms with E-state index in [0.29, 0.717) is 11.3 Å². The van der Waals surface area contributed by atoms with Crippen LogP contribution in [0, 0.1) is 18.2 Å². The molecule has 0 atom stereocenters. The van der Waals surface area contributed by atoms with Gasteiger partial charge in [-0.05, 0) is 30.7 Å². The Balaban J connectivity index is 2.49. The van der Waals surface area contributed by atoms with Gasteiger partial charge in [0.15, 0.2) is 11.6 Å². The number of para-hydroxylation sites is 1. The zero-order chi connectivity index (χ0) is 14.0. The number of hydrogen-bond donors (Lipinski definition) is 2. The third-order valence-electron chi connectivity index (χ3n) is 2.63. The highest BCUT2D eigenvalue weighted by Gasteiger charge is 2.14. The van der Waals surface area contributed by atoms with Gasteiger partial charge in [0.25, 0.3) is 0 Å². The summed E-state index contributed by atoms with van der Waals surface area (Å²) in [6.45, 7) is 1.80. The zero-order valence-electron chi connectivity index (χ0n) is 10.2. The number of ether oxygens (including phenoxy) is 1. The number of nitrogen functional groups attached to an aromatic ring is 1. The van der Waals surface area contributed by atoms with E-state index in [4.69, 9.17) is 27.5 Å². The summed E-state index contributed by atoms with van der Waals surface area (Å²) in [6, 6.07) is 9.70. The fourth-order valence-corrected chi connectivity index (χ4v) is 1.84. The third kappa shape index (κ3) is 2.69. The highest BCUT2D eigenvalue weighted by Crippen LogP contribution is 2.32. The lowest BCUT2D eigenvalue weighted by atomic mass is 10.1. The molecule has 3 nitrogen and oxygen atoms in total. The van der Waals surface area contributed by atoms with Crippen LogP contribution in [0.2, 0.25) is 5.02 Å². The Morgan fingerprint density at radius 3 is 2.63 bits per heavy atom. The normalized spacial score (nSPS) is 10.3. The molecule has 0 bridgehead atoms. The van der Waals surface area contributed by atoms with Crippen molar-refractivity contribution in [2.45, 2.75) is 6.92 Å². The minimum absolute atomic E-state index is 0.00398. The number of benzene rings is 2. The van der Waals surface area contributed by atoms with Crippen LogP contribution in [0.15, 0.2) is 36.4 Å². The molecule has 19 heavy (non-hydrogen) atoms. The Hall–Kier alpha value is -2.07. The van der Waals surface area contributed by atoms with E-state index in [1.54, 1.807) is 31.2 Å². The SMILES string of the molecule is Cc1cccc(C(=N)N)c1Oc1cccc(Cl)c1F. The molecule has 0 fully saturated rings. The molecule has 0 aliphatic rings. The van der Waals surface area contributed by atoms with Crippen molar-refractivity contribution in [2.24, 2.45) is 5.73 Å². The smallest absolute Gasteiger partial charge is 0.184 e. The molecule has 0 unspecified atom stereocenters. The lowest BCUT2D eigenvalue weighted by Gasteiger charge is -2.13. The van der Waals surface area contributed by atoms with Crippen molar-refractivity contribution < 1.29 is 9.13 Å². The topological polar surface area (TPSA) is 59.1 Å². The summed E-state index contributed by atoms with van der Waals surface area (Å²) >= 11 is 5.70. The van der Waals surface area contributed by atoms with Gasteiger partial charge < -0.3 is 10.5 Å².